The molecule has 0 amide bonds. The third-order valence-electron chi connectivity index (χ3n) is 2.19. The van der Waals surface area contributed by atoms with Crippen molar-refractivity contribution >= 4 is 0 Å². The minimum Gasteiger partial charge on any atom is -0.391 e. The standard InChI is InChI=1S/C9H12N4O/c1-7-8(6-14)9(12(2)11-7)13-5-3-4-10-13/h3-5,14H,6H2,1-2H3. The molecule has 0 saturated carbocycles. The molecule has 5 heteroatoms. The molecule has 0 aliphatic heterocycles. The Hall–Kier alpha value is -1.62. The van der Waals surface area contributed by atoms with E-state index >= 15 is 0 Å². The van der Waals surface area contributed by atoms with Crippen molar-refractivity contribution in [3.05, 3.63) is 29.7 Å². The summed E-state index contributed by atoms with van der Waals surface area (Å²) in [6.07, 6.45) is 3.53. The van der Waals surface area contributed by atoms with Crippen molar-refractivity contribution in [2.45, 2.75) is 13.5 Å². The number of aliphatic hydroxyl groups is 1. The van der Waals surface area contributed by atoms with Crippen molar-refractivity contribution in [3.63, 3.8) is 0 Å². The second-order valence-electron chi connectivity index (χ2n) is 3.12. The first-order chi connectivity index (χ1) is 6.74. The van der Waals surface area contributed by atoms with Crippen LogP contribution in [0.3, 0.4) is 0 Å². The minimum atomic E-state index is -0.0190. The van der Waals surface area contributed by atoms with E-state index in [1.807, 2.05) is 26.2 Å². The number of nitrogens with zero attached hydrogens (tertiary/aromatic N) is 4. The third kappa shape index (κ3) is 1.22. The maximum Gasteiger partial charge on any atom is 0.157 e. The lowest BCUT2D eigenvalue weighted by molar-refractivity contribution is 0.280. The Balaban J connectivity index is 2.62. The fraction of sp³-hybridized carbons (Fsp3) is 0.333. The lowest BCUT2D eigenvalue weighted by Crippen LogP contribution is -2.05. The van der Waals surface area contributed by atoms with Crippen LogP contribution < -0.4 is 0 Å². The number of aryl methyl sites for hydroxylation is 2. The highest BCUT2D eigenvalue weighted by Crippen LogP contribution is 2.16. The summed E-state index contributed by atoms with van der Waals surface area (Å²) >= 11 is 0. The van der Waals surface area contributed by atoms with Crippen LogP contribution in [0.15, 0.2) is 18.5 Å². The summed E-state index contributed by atoms with van der Waals surface area (Å²) in [4.78, 5) is 0. The molecule has 0 fully saturated rings. The van der Waals surface area contributed by atoms with Gasteiger partial charge in [-0.3, -0.25) is 4.68 Å². The summed E-state index contributed by atoms with van der Waals surface area (Å²) in [6, 6.07) is 1.84. The molecule has 1 N–H and O–H groups in total. The summed E-state index contributed by atoms with van der Waals surface area (Å²) < 4.78 is 3.42. The average molecular weight is 192 g/mol. The van der Waals surface area contributed by atoms with Crippen molar-refractivity contribution in [2.24, 2.45) is 7.05 Å². The topological polar surface area (TPSA) is 55.9 Å². The van der Waals surface area contributed by atoms with E-state index in [9.17, 15) is 5.11 Å². The fourth-order valence-electron chi connectivity index (χ4n) is 1.56. The van der Waals surface area contributed by atoms with Gasteiger partial charge in [-0.1, -0.05) is 0 Å². The number of rotatable bonds is 2. The third-order valence-corrected chi connectivity index (χ3v) is 2.19. The van der Waals surface area contributed by atoms with Gasteiger partial charge in [0.25, 0.3) is 0 Å². The van der Waals surface area contributed by atoms with Gasteiger partial charge < -0.3 is 5.11 Å². The van der Waals surface area contributed by atoms with Gasteiger partial charge >= 0.3 is 0 Å². The molecule has 2 rings (SSSR count). The minimum absolute atomic E-state index is 0.0190. The van der Waals surface area contributed by atoms with Gasteiger partial charge in [-0.25, -0.2) is 4.68 Å². The van der Waals surface area contributed by atoms with E-state index in [4.69, 9.17) is 0 Å². The van der Waals surface area contributed by atoms with Gasteiger partial charge in [-0.2, -0.15) is 10.2 Å². The Bertz CT molecular complexity index is 430. The van der Waals surface area contributed by atoms with E-state index < -0.39 is 0 Å². The molecule has 0 radical (unpaired) electrons. The Morgan fingerprint density at radius 2 is 2.29 bits per heavy atom. The Kier molecular flexibility index (Phi) is 2.09. The first-order valence-electron chi connectivity index (χ1n) is 4.37. The summed E-state index contributed by atoms with van der Waals surface area (Å²) in [6.45, 7) is 1.85. The van der Waals surface area contributed by atoms with Crippen molar-refractivity contribution in [1.29, 1.82) is 0 Å². The molecule has 0 aliphatic carbocycles. The Labute approximate surface area is 81.6 Å². The molecule has 5 nitrogen and oxygen atoms in total. The van der Waals surface area contributed by atoms with Crippen LogP contribution in [0.2, 0.25) is 0 Å². The molecule has 2 heterocycles. The maximum atomic E-state index is 9.22. The van der Waals surface area contributed by atoms with Crippen LogP contribution in [0, 0.1) is 6.92 Å². The second kappa shape index (κ2) is 3.26. The molecule has 0 aliphatic rings. The highest BCUT2D eigenvalue weighted by atomic mass is 16.3. The molecule has 2 aromatic rings. The Morgan fingerprint density at radius 3 is 2.86 bits per heavy atom. The van der Waals surface area contributed by atoms with Gasteiger partial charge in [0.15, 0.2) is 5.82 Å². The van der Waals surface area contributed by atoms with E-state index in [-0.39, 0.29) is 6.61 Å². The number of hydrogen-bond acceptors (Lipinski definition) is 3. The molecule has 2 aromatic heterocycles. The van der Waals surface area contributed by atoms with Gasteiger partial charge in [0.1, 0.15) is 0 Å². The molecule has 0 spiro atoms. The highest BCUT2D eigenvalue weighted by molar-refractivity contribution is 5.36. The average Bonchev–Trinajstić information content (AvgIpc) is 2.72. The smallest absolute Gasteiger partial charge is 0.157 e. The summed E-state index contributed by atoms with van der Waals surface area (Å²) in [5, 5.41) is 17.6. The SMILES string of the molecule is Cc1nn(C)c(-n2cccn2)c1CO. The van der Waals surface area contributed by atoms with Gasteiger partial charge in [-0.05, 0) is 13.0 Å². The summed E-state index contributed by atoms with van der Waals surface area (Å²) in [7, 11) is 1.84. The number of aromatic nitrogens is 4. The number of hydrogen-bond donors (Lipinski definition) is 1. The lowest BCUT2D eigenvalue weighted by Gasteiger charge is -2.03. The monoisotopic (exact) mass is 192 g/mol. The molecule has 0 atom stereocenters. The van der Waals surface area contributed by atoms with Crippen LogP contribution in [0.25, 0.3) is 5.82 Å². The van der Waals surface area contributed by atoms with Crippen molar-refractivity contribution in [2.75, 3.05) is 0 Å². The van der Waals surface area contributed by atoms with Gasteiger partial charge in [0.2, 0.25) is 0 Å². The quantitative estimate of drug-likeness (QED) is 0.749. The van der Waals surface area contributed by atoms with Crippen LogP contribution in [-0.4, -0.2) is 24.7 Å². The fourth-order valence-corrected chi connectivity index (χ4v) is 1.56. The zero-order valence-corrected chi connectivity index (χ0v) is 8.18. The van der Waals surface area contributed by atoms with Gasteiger partial charge in [0, 0.05) is 25.0 Å². The maximum absolute atomic E-state index is 9.22. The van der Waals surface area contributed by atoms with E-state index in [2.05, 4.69) is 10.2 Å². The zero-order valence-electron chi connectivity index (χ0n) is 8.18. The summed E-state index contributed by atoms with van der Waals surface area (Å²) in [5.74, 6) is 0.815. The van der Waals surface area contributed by atoms with Crippen LogP contribution >= 0.6 is 0 Å². The zero-order chi connectivity index (χ0) is 10.1. The van der Waals surface area contributed by atoms with Crippen LogP contribution in [-0.2, 0) is 13.7 Å². The first-order valence-corrected chi connectivity index (χ1v) is 4.37. The lowest BCUT2D eigenvalue weighted by atomic mass is 10.2. The second-order valence-corrected chi connectivity index (χ2v) is 3.12. The van der Waals surface area contributed by atoms with Crippen LogP contribution in [0.4, 0.5) is 0 Å². The number of aliphatic hydroxyl groups excluding tert-OH is 1. The van der Waals surface area contributed by atoms with Crippen LogP contribution in [0.5, 0.6) is 0 Å². The first kappa shape index (κ1) is 8.96. The molecule has 0 bridgehead atoms. The van der Waals surface area contributed by atoms with Crippen molar-refractivity contribution in [1.82, 2.24) is 19.6 Å². The molecule has 74 valence electrons. The van der Waals surface area contributed by atoms with E-state index in [0.717, 1.165) is 17.1 Å². The van der Waals surface area contributed by atoms with Gasteiger partial charge in [0.05, 0.1) is 12.3 Å². The van der Waals surface area contributed by atoms with Gasteiger partial charge in [-0.15, -0.1) is 0 Å². The molecule has 14 heavy (non-hydrogen) atoms. The largest absolute Gasteiger partial charge is 0.391 e. The van der Waals surface area contributed by atoms with E-state index in [0.29, 0.717) is 0 Å². The van der Waals surface area contributed by atoms with Crippen molar-refractivity contribution < 1.29 is 5.11 Å². The van der Waals surface area contributed by atoms with Crippen molar-refractivity contribution in [3.8, 4) is 5.82 Å². The molecule has 0 unspecified atom stereocenters. The highest BCUT2D eigenvalue weighted by Gasteiger charge is 2.13. The predicted molar refractivity (Wildman–Crippen MR) is 51.0 cm³/mol. The predicted octanol–water partition coefficient (Wildman–Crippen LogP) is 0.407. The normalized spacial score (nSPS) is 10.8. The molecule has 0 saturated heterocycles. The van der Waals surface area contributed by atoms with Crippen LogP contribution in [0.1, 0.15) is 11.3 Å². The molecular formula is C9H12N4O. The van der Waals surface area contributed by atoms with E-state index in [1.54, 1.807) is 15.6 Å². The summed E-state index contributed by atoms with van der Waals surface area (Å²) in [5.41, 5.74) is 1.65. The molecular weight excluding hydrogens is 180 g/mol. The molecule has 0 aromatic carbocycles. The van der Waals surface area contributed by atoms with E-state index in [1.165, 1.54) is 0 Å². The Morgan fingerprint density at radius 1 is 1.50 bits per heavy atom.